The Kier molecular flexibility index (Phi) is 3.82. The fourth-order valence-electron chi connectivity index (χ4n) is 3.69. The summed E-state index contributed by atoms with van der Waals surface area (Å²) >= 11 is 0. The molecule has 3 aromatic rings. The molecule has 1 heterocycles. The molecule has 1 aliphatic carbocycles. The van der Waals surface area contributed by atoms with Crippen LogP contribution in [0.1, 0.15) is 45.9 Å². The number of hydrogen-bond acceptors (Lipinski definition) is 2. The molecule has 2 aromatic carbocycles. The van der Waals surface area contributed by atoms with Crippen molar-refractivity contribution in [3.05, 3.63) is 70.9 Å². The largest absolute Gasteiger partial charge is 0.478 e. The Balaban J connectivity index is 1.56. The first-order valence-corrected chi connectivity index (χ1v) is 8.37. The van der Waals surface area contributed by atoms with Crippen molar-refractivity contribution in [1.29, 1.82) is 0 Å². The van der Waals surface area contributed by atoms with Gasteiger partial charge < -0.3 is 15.4 Å². The molecule has 0 radical (unpaired) electrons. The van der Waals surface area contributed by atoms with Crippen LogP contribution in [0.5, 0.6) is 0 Å². The van der Waals surface area contributed by atoms with E-state index in [0.29, 0.717) is 5.56 Å². The molecule has 0 bridgehead atoms. The maximum Gasteiger partial charge on any atom is 0.335 e. The maximum absolute atomic E-state index is 11.2. The fourth-order valence-corrected chi connectivity index (χ4v) is 3.69. The summed E-state index contributed by atoms with van der Waals surface area (Å²) < 4.78 is 0. The van der Waals surface area contributed by atoms with Crippen LogP contribution in [-0.2, 0) is 13.0 Å². The summed E-state index contributed by atoms with van der Waals surface area (Å²) in [7, 11) is 0. The second-order valence-electron chi connectivity index (χ2n) is 6.40. The molecule has 0 spiro atoms. The lowest BCUT2D eigenvalue weighted by atomic mass is 9.86. The van der Waals surface area contributed by atoms with E-state index in [0.717, 1.165) is 31.4 Å². The van der Waals surface area contributed by atoms with Gasteiger partial charge in [0.05, 0.1) is 5.56 Å². The van der Waals surface area contributed by atoms with Gasteiger partial charge in [-0.25, -0.2) is 4.79 Å². The number of aryl methyl sites for hydroxylation is 1. The van der Waals surface area contributed by atoms with Crippen LogP contribution >= 0.6 is 0 Å². The van der Waals surface area contributed by atoms with Gasteiger partial charge >= 0.3 is 5.97 Å². The number of carboxylic acid groups (broad SMARTS) is 1. The van der Waals surface area contributed by atoms with Gasteiger partial charge in [-0.05, 0) is 59.5 Å². The average Bonchev–Trinajstić information content (AvgIpc) is 3.08. The van der Waals surface area contributed by atoms with Crippen molar-refractivity contribution in [1.82, 2.24) is 10.3 Å². The molecular weight excluding hydrogens is 300 g/mol. The Morgan fingerprint density at radius 1 is 1.25 bits per heavy atom. The summed E-state index contributed by atoms with van der Waals surface area (Å²) in [5, 5.41) is 14.0. The predicted octanol–water partition coefficient (Wildman–Crippen LogP) is 4.03. The number of nitrogens with one attached hydrogen (secondary N) is 2. The molecule has 0 fully saturated rings. The van der Waals surface area contributed by atoms with E-state index in [1.807, 2.05) is 18.3 Å². The van der Waals surface area contributed by atoms with Gasteiger partial charge in [0, 0.05) is 24.3 Å². The van der Waals surface area contributed by atoms with Gasteiger partial charge in [-0.3, -0.25) is 0 Å². The highest BCUT2D eigenvalue weighted by molar-refractivity contribution is 5.88. The number of carbonyl (C=O) groups is 1. The molecule has 24 heavy (non-hydrogen) atoms. The zero-order valence-corrected chi connectivity index (χ0v) is 13.4. The summed E-state index contributed by atoms with van der Waals surface area (Å²) in [6.07, 6.45) is 5.10. The third kappa shape index (κ3) is 2.69. The zero-order chi connectivity index (χ0) is 16.5. The van der Waals surface area contributed by atoms with Crippen molar-refractivity contribution < 1.29 is 9.90 Å². The van der Waals surface area contributed by atoms with Gasteiger partial charge in [-0.1, -0.05) is 24.3 Å². The van der Waals surface area contributed by atoms with E-state index in [1.165, 1.54) is 22.0 Å². The molecule has 4 heteroatoms. The van der Waals surface area contributed by atoms with Crippen LogP contribution in [-0.4, -0.2) is 16.1 Å². The molecule has 4 rings (SSSR count). The number of fused-ring (bicyclic) bond motifs is 2. The first kappa shape index (κ1) is 15.0. The van der Waals surface area contributed by atoms with Crippen LogP contribution in [0.2, 0.25) is 0 Å². The Morgan fingerprint density at radius 3 is 3.04 bits per heavy atom. The van der Waals surface area contributed by atoms with Gasteiger partial charge in [0.25, 0.3) is 0 Å². The minimum atomic E-state index is -0.855. The summed E-state index contributed by atoms with van der Waals surface area (Å²) in [6.45, 7) is 0.794. The van der Waals surface area contributed by atoms with Crippen LogP contribution in [0.25, 0.3) is 10.9 Å². The highest BCUT2D eigenvalue weighted by Gasteiger charge is 2.21. The van der Waals surface area contributed by atoms with Crippen molar-refractivity contribution in [2.45, 2.75) is 31.8 Å². The second kappa shape index (κ2) is 6.13. The molecule has 0 amide bonds. The number of para-hydroxylation sites is 1. The van der Waals surface area contributed by atoms with Gasteiger partial charge in [0.1, 0.15) is 0 Å². The van der Waals surface area contributed by atoms with Crippen LogP contribution in [0.3, 0.4) is 0 Å². The molecule has 122 valence electrons. The number of carboxylic acids is 1. The number of aromatic carboxylic acids is 1. The van der Waals surface area contributed by atoms with E-state index in [2.05, 4.69) is 34.6 Å². The lowest BCUT2D eigenvalue weighted by Gasteiger charge is -2.27. The third-order valence-electron chi connectivity index (χ3n) is 4.92. The molecule has 3 N–H and O–H groups in total. The first-order chi connectivity index (χ1) is 11.7. The molecule has 1 aromatic heterocycles. The molecule has 0 saturated carbocycles. The van der Waals surface area contributed by atoms with Crippen LogP contribution in [0.15, 0.2) is 48.7 Å². The Bertz CT molecular complexity index is 898. The predicted molar refractivity (Wildman–Crippen MR) is 94.2 cm³/mol. The standard InChI is InChI=1S/C20H20N2O2/c23-20(24)15-7-8-17-14(11-15)4-2-6-18(17)22-12-16-5-1-3-13-9-10-21-19(13)16/h1,3,5,7-11,18,21-22H,2,4,6,12H2,(H,23,24). The zero-order valence-electron chi connectivity index (χ0n) is 13.4. The van der Waals surface area contributed by atoms with Crippen LogP contribution in [0.4, 0.5) is 0 Å². The topological polar surface area (TPSA) is 65.1 Å². The highest BCUT2D eigenvalue weighted by atomic mass is 16.4. The lowest BCUT2D eigenvalue weighted by Crippen LogP contribution is -2.25. The summed E-state index contributed by atoms with van der Waals surface area (Å²) in [6, 6.07) is 14.2. The minimum Gasteiger partial charge on any atom is -0.478 e. The maximum atomic E-state index is 11.2. The van der Waals surface area contributed by atoms with E-state index in [1.54, 1.807) is 6.07 Å². The number of rotatable bonds is 4. The average molecular weight is 320 g/mol. The Hall–Kier alpha value is -2.59. The highest BCUT2D eigenvalue weighted by Crippen LogP contribution is 2.31. The van der Waals surface area contributed by atoms with Crippen LogP contribution in [0, 0.1) is 0 Å². The monoisotopic (exact) mass is 320 g/mol. The number of aromatic amines is 1. The van der Waals surface area contributed by atoms with Crippen molar-refractivity contribution in [2.24, 2.45) is 0 Å². The van der Waals surface area contributed by atoms with E-state index >= 15 is 0 Å². The molecule has 1 atom stereocenters. The van der Waals surface area contributed by atoms with E-state index in [4.69, 9.17) is 5.11 Å². The van der Waals surface area contributed by atoms with Gasteiger partial charge in [-0.2, -0.15) is 0 Å². The number of hydrogen-bond donors (Lipinski definition) is 3. The minimum absolute atomic E-state index is 0.279. The number of aromatic nitrogens is 1. The molecule has 1 aliphatic rings. The molecule has 4 nitrogen and oxygen atoms in total. The normalized spacial score (nSPS) is 16.9. The SMILES string of the molecule is O=C(O)c1ccc2c(c1)CCCC2NCc1cccc2cc[nH]c12. The van der Waals surface area contributed by atoms with E-state index in [9.17, 15) is 4.79 Å². The molecule has 1 unspecified atom stereocenters. The van der Waals surface area contributed by atoms with Crippen molar-refractivity contribution >= 4 is 16.9 Å². The van der Waals surface area contributed by atoms with Gasteiger partial charge in [0.15, 0.2) is 0 Å². The Morgan fingerprint density at radius 2 is 2.17 bits per heavy atom. The quantitative estimate of drug-likeness (QED) is 0.680. The fraction of sp³-hybridized carbons (Fsp3) is 0.250. The third-order valence-corrected chi connectivity index (χ3v) is 4.92. The second-order valence-corrected chi connectivity index (χ2v) is 6.40. The number of H-pyrrole nitrogens is 1. The molecule has 0 aliphatic heterocycles. The van der Waals surface area contributed by atoms with Crippen LogP contribution < -0.4 is 5.32 Å². The van der Waals surface area contributed by atoms with Gasteiger partial charge in [-0.15, -0.1) is 0 Å². The van der Waals surface area contributed by atoms with Crippen molar-refractivity contribution in [3.63, 3.8) is 0 Å². The smallest absolute Gasteiger partial charge is 0.335 e. The van der Waals surface area contributed by atoms with Gasteiger partial charge in [0.2, 0.25) is 0 Å². The lowest BCUT2D eigenvalue weighted by molar-refractivity contribution is 0.0696. The molecular formula is C20H20N2O2. The summed E-state index contributed by atoms with van der Waals surface area (Å²) in [5.41, 5.74) is 5.22. The van der Waals surface area contributed by atoms with Crippen molar-refractivity contribution in [2.75, 3.05) is 0 Å². The Labute approximate surface area is 140 Å². The van der Waals surface area contributed by atoms with E-state index in [-0.39, 0.29) is 6.04 Å². The summed E-state index contributed by atoms with van der Waals surface area (Å²) in [4.78, 5) is 14.5. The van der Waals surface area contributed by atoms with Crippen molar-refractivity contribution in [3.8, 4) is 0 Å². The number of benzene rings is 2. The van der Waals surface area contributed by atoms with E-state index < -0.39 is 5.97 Å². The summed E-state index contributed by atoms with van der Waals surface area (Å²) in [5.74, 6) is -0.855. The molecule has 0 saturated heterocycles. The first-order valence-electron chi connectivity index (χ1n) is 8.37.